The average molecular weight is 418 g/mol. The number of halogens is 3. The number of nitrogens with one attached hydrogen (secondary N) is 1. The second kappa shape index (κ2) is 6.29. The Balaban J connectivity index is 2.30. The summed E-state index contributed by atoms with van der Waals surface area (Å²) in [6.07, 6.45) is 0. The zero-order chi connectivity index (χ0) is 14.9. The van der Waals surface area contributed by atoms with Crippen molar-refractivity contribution in [1.29, 1.82) is 0 Å². The Labute approximate surface area is 139 Å². The highest BCUT2D eigenvalue weighted by atomic mass is 79.9. The Morgan fingerprint density at radius 2 is 1.70 bits per heavy atom. The van der Waals surface area contributed by atoms with Crippen molar-refractivity contribution in [3.8, 4) is 0 Å². The number of carbonyl (C=O) groups excluding carboxylic acids is 1. The van der Waals surface area contributed by atoms with Crippen molar-refractivity contribution in [3.63, 3.8) is 0 Å². The van der Waals surface area contributed by atoms with Gasteiger partial charge in [0, 0.05) is 20.2 Å². The highest BCUT2D eigenvalue weighted by molar-refractivity contribution is 9.10. The maximum atomic E-state index is 12.3. The van der Waals surface area contributed by atoms with Gasteiger partial charge < -0.3 is 5.32 Å². The average Bonchev–Trinajstić information content (AvgIpc) is 2.36. The molecule has 0 radical (unpaired) electrons. The Bertz CT molecular complexity index is 663. The maximum absolute atomic E-state index is 12.3. The standard InChI is InChI=1S/C15H12Br2ClNO/c1-8-5-11(16)6-9(2)14(8)19-15(20)10-3-4-13(18)12(17)7-10/h3-7H,1-2H3,(H,19,20). The first-order chi connectivity index (χ1) is 9.38. The molecule has 0 aliphatic rings. The number of amides is 1. The second-order valence-electron chi connectivity index (χ2n) is 4.50. The summed E-state index contributed by atoms with van der Waals surface area (Å²) < 4.78 is 1.70. The first-order valence-electron chi connectivity index (χ1n) is 5.91. The molecule has 0 fully saturated rings. The first kappa shape index (κ1) is 15.5. The minimum absolute atomic E-state index is 0.157. The zero-order valence-electron chi connectivity index (χ0n) is 10.9. The van der Waals surface area contributed by atoms with Crippen LogP contribution in [-0.4, -0.2) is 5.91 Å². The topological polar surface area (TPSA) is 29.1 Å². The van der Waals surface area contributed by atoms with E-state index in [2.05, 4.69) is 37.2 Å². The molecule has 1 N–H and O–H groups in total. The summed E-state index contributed by atoms with van der Waals surface area (Å²) in [6.45, 7) is 3.93. The maximum Gasteiger partial charge on any atom is 0.255 e. The predicted octanol–water partition coefficient (Wildman–Crippen LogP) is 5.73. The normalized spacial score (nSPS) is 10.4. The molecule has 0 bridgehead atoms. The van der Waals surface area contributed by atoms with E-state index in [4.69, 9.17) is 11.6 Å². The Kier molecular flexibility index (Phi) is 4.89. The fraction of sp³-hybridized carbons (Fsp3) is 0.133. The summed E-state index contributed by atoms with van der Waals surface area (Å²) >= 11 is 12.7. The Hall–Kier alpha value is -0.840. The number of hydrogen-bond acceptors (Lipinski definition) is 1. The SMILES string of the molecule is Cc1cc(Br)cc(C)c1NC(=O)c1ccc(Cl)c(Br)c1. The number of carbonyl (C=O) groups is 1. The van der Waals surface area contributed by atoms with Gasteiger partial charge in [0.25, 0.3) is 5.91 Å². The van der Waals surface area contributed by atoms with Crippen LogP contribution in [-0.2, 0) is 0 Å². The van der Waals surface area contributed by atoms with Crippen LogP contribution in [0.3, 0.4) is 0 Å². The van der Waals surface area contributed by atoms with Gasteiger partial charge in [-0.3, -0.25) is 4.79 Å². The molecule has 20 heavy (non-hydrogen) atoms. The van der Waals surface area contributed by atoms with Crippen LogP contribution in [0.4, 0.5) is 5.69 Å². The molecule has 5 heteroatoms. The van der Waals surface area contributed by atoms with Crippen molar-refractivity contribution in [1.82, 2.24) is 0 Å². The summed E-state index contributed by atoms with van der Waals surface area (Å²) in [4.78, 5) is 12.3. The molecule has 0 atom stereocenters. The van der Waals surface area contributed by atoms with Crippen LogP contribution in [0.15, 0.2) is 39.3 Å². The molecule has 0 aliphatic heterocycles. The molecule has 0 aliphatic carbocycles. The van der Waals surface area contributed by atoms with Gasteiger partial charge in [-0.25, -0.2) is 0 Å². The van der Waals surface area contributed by atoms with Crippen molar-refractivity contribution in [3.05, 3.63) is 61.0 Å². The number of aryl methyl sites for hydroxylation is 2. The van der Waals surface area contributed by atoms with Gasteiger partial charge in [0.05, 0.1) is 5.02 Å². The predicted molar refractivity (Wildman–Crippen MR) is 90.7 cm³/mol. The van der Waals surface area contributed by atoms with Crippen LogP contribution in [0.2, 0.25) is 5.02 Å². The minimum Gasteiger partial charge on any atom is -0.322 e. The van der Waals surface area contributed by atoms with E-state index in [0.29, 0.717) is 15.1 Å². The van der Waals surface area contributed by atoms with Gasteiger partial charge in [-0.2, -0.15) is 0 Å². The molecule has 0 saturated heterocycles. The molecule has 2 nitrogen and oxygen atoms in total. The van der Waals surface area contributed by atoms with Gasteiger partial charge in [-0.1, -0.05) is 27.5 Å². The number of benzene rings is 2. The monoisotopic (exact) mass is 415 g/mol. The third-order valence-corrected chi connectivity index (χ3v) is 4.59. The molecule has 0 spiro atoms. The molecular formula is C15H12Br2ClNO. The van der Waals surface area contributed by atoms with Crippen LogP contribution in [0.5, 0.6) is 0 Å². The summed E-state index contributed by atoms with van der Waals surface area (Å²) in [6, 6.07) is 9.05. The molecule has 0 aromatic heterocycles. The van der Waals surface area contributed by atoms with Crippen molar-refractivity contribution in [2.75, 3.05) is 5.32 Å². The molecular weight excluding hydrogens is 405 g/mol. The molecule has 104 valence electrons. The van der Waals surface area contributed by atoms with Crippen molar-refractivity contribution in [2.45, 2.75) is 13.8 Å². The fourth-order valence-corrected chi connectivity index (χ4v) is 3.11. The summed E-state index contributed by atoms with van der Waals surface area (Å²) in [7, 11) is 0. The molecule has 0 heterocycles. The fourth-order valence-electron chi connectivity index (χ4n) is 1.93. The smallest absolute Gasteiger partial charge is 0.255 e. The van der Waals surface area contributed by atoms with Gasteiger partial charge in [0.2, 0.25) is 0 Å². The molecule has 0 saturated carbocycles. The molecule has 2 rings (SSSR count). The van der Waals surface area contributed by atoms with Gasteiger partial charge in [0.1, 0.15) is 0 Å². The second-order valence-corrected chi connectivity index (χ2v) is 6.67. The van der Waals surface area contributed by atoms with Crippen molar-refractivity contribution in [2.24, 2.45) is 0 Å². The quantitative estimate of drug-likeness (QED) is 0.664. The highest BCUT2D eigenvalue weighted by Gasteiger charge is 2.11. The van der Waals surface area contributed by atoms with E-state index in [0.717, 1.165) is 21.3 Å². The van der Waals surface area contributed by atoms with Crippen LogP contribution in [0.25, 0.3) is 0 Å². The lowest BCUT2D eigenvalue weighted by Crippen LogP contribution is -2.13. The number of anilines is 1. The van der Waals surface area contributed by atoms with Crippen LogP contribution >= 0.6 is 43.5 Å². The van der Waals surface area contributed by atoms with E-state index in [1.807, 2.05) is 26.0 Å². The largest absolute Gasteiger partial charge is 0.322 e. The summed E-state index contributed by atoms with van der Waals surface area (Å²) in [5.41, 5.74) is 3.42. The lowest BCUT2D eigenvalue weighted by atomic mass is 10.1. The summed E-state index contributed by atoms with van der Waals surface area (Å²) in [5, 5.41) is 3.53. The van der Waals surface area contributed by atoms with E-state index < -0.39 is 0 Å². The zero-order valence-corrected chi connectivity index (χ0v) is 14.9. The number of rotatable bonds is 2. The summed E-state index contributed by atoms with van der Waals surface area (Å²) in [5.74, 6) is -0.157. The van der Waals surface area contributed by atoms with Gasteiger partial charge in [0.15, 0.2) is 0 Å². The van der Waals surface area contributed by atoms with E-state index in [-0.39, 0.29) is 5.91 Å². The van der Waals surface area contributed by atoms with Crippen LogP contribution in [0, 0.1) is 13.8 Å². The molecule has 0 unspecified atom stereocenters. The van der Waals surface area contributed by atoms with E-state index in [1.54, 1.807) is 18.2 Å². The lowest BCUT2D eigenvalue weighted by Gasteiger charge is -2.12. The minimum atomic E-state index is -0.157. The third kappa shape index (κ3) is 3.43. The van der Waals surface area contributed by atoms with E-state index in [1.165, 1.54) is 0 Å². The van der Waals surface area contributed by atoms with E-state index >= 15 is 0 Å². The Morgan fingerprint density at radius 3 is 2.25 bits per heavy atom. The molecule has 2 aromatic carbocycles. The number of hydrogen-bond donors (Lipinski definition) is 1. The Morgan fingerprint density at radius 1 is 1.10 bits per heavy atom. The highest BCUT2D eigenvalue weighted by Crippen LogP contribution is 2.27. The first-order valence-corrected chi connectivity index (χ1v) is 7.88. The van der Waals surface area contributed by atoms with Crippen molar-refractivity contribution >= 4 is 55.1 Å². The lowest BCUT2D eigenvalue weighted by molar-refractivity contribution is 0.102. The molecule has 1 amide bonds. The van der Waals surface area contributed by atoms with Gasteiger partial charge in [-0.05, 0) is 71.2 Å². The molecule has 2 aromatic rings. The van der Waals surface area contributed by atoms with E-state index in [9.17, 15) is 4.79 Å². The van der Waals surface area contributed by atoms with Crippen LogP contribution < -0.4 is 5.32 Å². The third-order valence-electron chi connectivity index (χ3n) is 2.92. The van der Waals surface area contributed by atoms with Gasteiger partial charge >= 0.3 is 0 Å². The van der Waals surface area contributed by atoms with Crippen LogP contribution in [0.1, 0.15) is 21.5 Å². The van der Waals surface area contributed by atoms with Gasteiger partial charge in [-0.15, -0.1) is 0 Å². The van der Waals surface area contributed by atoms with Crippen molar-refractivity contribution < 1.29 is 4.79 Å².